The first-order chi connectivity index (χ1) is 9.66. The van der Waals surface area contributed by atoms with Gasteiger partial charge in [0.25, 0.3) is 0 Å². The Morgan fingerprint density at radius 2 is 2.15 bits per heavy atom. The Bertz CT molecular complexity index is 756. The van der Waals surface area contributed by atoms with E-state index in [0.717, 1.165) is 21.1 Å². The molecule has 1 N–H and O–H groups in total. The quantitative estimate of drug-likeness (QED) is 0.624. The summed E-state index contributed by atoms with van der Waals surface area (Å²) >= 11 is 11.5. The summed E-state index contributed by atoms with van der Waals surface area (Å²) in [6, 6.07) is 10.1. The van der Waals surface area contributed by atoms with Crippen LogP contribution < -0.4 is 5.32 Å². The Kier molecular flexibility index (Phi) is 3.96. The van der Waals surface area contributed by atoms with Crippen LogP contribution in [-0.4, -0.2) is 4.98 Å². The van der Waals surface area contributed by atoms with Gasteiger partial charge in [0.15, 0.2) is 0 Å². The largest absolute Gasteiger partial charge is 0.377 e. The van der Waals surface area contributed by atoms with Gasteiger partial charge >= 0.3 is 0 Å². The first-order valence-electron chi connectivity index (χ1n) is 6.19. The predicted molar refractivity (Wildman–Crippen MR) is 90.8 cm³/mol. The van der Waals surface area contributed by atoms with Crippen molar-refractivity contribution < 1.29 is 0 Å². The van der Waals surface area contributed by atoms with Gasteiger partial charge in [0.1, 0.15) is 0 Å². The Morgan fingerprint density at radius 3 is 2.90 bits per heavy atom. The minimum absolute atomic E-state index is 0.217. The van der Waals surface area contributed by atoms with E-state index >= 15 is 0 Å². The maximum atomic E-state index is 6.19. The second-order valence-electron chi connectivity index (χ2n) is 4.49. The van der Waals surface area contributed by atoms with E-state index in [9.17, 15) is 0 Å². The van der Waals surface area contributed by atoms with Crippen LogP contribution in [0.3, 0.4) is 0 Å². The number of thiophene rings is 1. The van der Waals surface area contributed by atoms with Gasteiger partial charge in [0.05, 0.1) is 16.6 Å². The lowest BCUT2D eigenvalue weighted by Gasteiger charge is -2.16. The molecule has 0 fully saturated rings. The fourth-order valence-electron chi connectivity index (χ4n) is 2.18. The third kappa shape index (κ3) is 2.55. The number of hydrogen-bond acceptors (Lipinski definition) is 3. The zero-order valence-corrected chi connectivity index (χ0v) is 13.9. The fourth-order valence-corrected chi connectivity index (χ4v) is 4.12. The highest BCUT2D eigenvalue weighted by molar-refractivity contribution is 9.10. The van der Waals surface area contributed by atoms with Crippen LogP contribution in [-0.2, 0) is 0 Å². The van der Waals surface area contributed by atoms with Crippen molar-refractivity contribution in [3.63, 3.8) is 0 Å². The van der Waals surface area contributed by atoms with E-state index in [1.807, 2.05) is 24.3 Å². The van der Waals surface area contributed by atoms with Crippen LogP contribution >= 0.6 is 38.9 Å². The molecule has 2 nitrogen and oxygen atoms in total. The molecule has 0 aliphatic rings. The zero-order chi connectivity index (χ0) is 14.1. The molecule has 3 aromatic rings. The number of nitrogens with zero attached hydrogens (tertiary/aromatic N) is 1. The van der Waals surface area contributed by atoms with Gasteiger partial charge < -0.3 is 5.32 Å². The smallest absolute Gasteiger partial charge is 0.0908 e. The monoisotopic (exact) mass is 366 g/mol. The molecule has 102 valence electrons. The third-order valence-electron chi connectivity index (χ3n) is 3.13. The molecular formula is C15H12BrClN2S. The number of fused-ring (bicyclic) bond motifs is 1. The molecule has 5 heteroatoms. The molecule has 1 unspecified atom stereocenters. The molecule has 0 aliphatic heterocycles. The van der Waals surface area contributed by atoms with Crippen LogP contribution in [0.15, 0.2) is 46.4 Å². The van der Waals surface area contributed by atoms with E-state index < -0.39 is 0 Å². The molecule has 20 heavy (non-hydrogen) atoms. The molecule has 0 saturated carbocycles. The predicted octanol–water partition coefficient (Wildman–Crippen LogP) is 5.89. The van der Waals surface area contributed by atoms with Crippen LogP contribution in [0.5, 0.6) is 0 Å². The lowest BCUT2D eigenvalue weighted by atomic mass is 10.1. The summed E-state index contributed by atoms with van der Waals surface area (Å²) in [5, 5.41) is 7.34. The molecule has 2 heterocycles. The van der Waals surface area contributed by atoms with Gasteiger partial charge in [-0.15, -0.1) is 11.3 Å². The molecule has 3 rings (SSSR count). The normalized spacial score (nSPS) is 12.6. The number of rotatable bonds is 3. The maximum Gasteiger partial charge on any atom is 0.0908 e. The maximum absolute atomic E-state index is 6.19. The Morgan fingerprint density at radius 1 is 1.30 bits per heavy atom. The highest BCUT2D eigenvalue weighted by Gasteiger charge is 2.13. The number of aromatic nitrogens is 1. The first-order valence-corrected chi connectivity index (χ1v) is 8.24. The molecule has 1 aromatic carbocycles. The zero-order valence-electron chi connectivity index (χ0n) is 10.7. The molecular weight excluding hydrogens is 356 g/mol. The summed E-state index contributed by atoms with van der Waals surface area (Å²) in [5.41, 5.74) is 1.88. The third-order valence-corrected chi connectivity index (χ3v) is 5.49. The van der Waals surface area contributed by atoms with E-state index in [1.54, 1.807) is 17.5 Å². The van der Waals surface area contributed by atoms with Crippen molar-refractivity contribution in [1.29, 1.82) is 0 Å². The van der Waals surface area contributed by atoms with Gasteiger partial charge in [-0.2, -0.15) is 0 Å². The minimum atomic E-state index is 0.217. The average molecular weight is 368 g/mol. The molecule has 2 aromatic heterocycles. The van der Waals surface area contributed by atoms with Crippen molar-refractivity contribution in [2.75, 3.05) is 5.32 Å². The standard InChI is InChI=1S/C15H12BrClN2S/c1-9(15-11(16)6-8-20-15)19-13-5-4-12(17)14-10(13)3-2-7-18-14/h2-9,19H,1H3. The Balaban J connectivity index is 1.99. The van der Waals surface area contributed by atoms with E-state index in [4.69, 9.17) is 11.6 Å². The van der Waals surface area contributed by atoms with Crippen LogP contribution in [0.2, 0.25) is 5.02 Å². The summed E-state index contributed by atoms with van der Waals surface area (Å²) < 4.78 is 1.14. The van der Waals surface area contributed by atoms with E-state index in [2.05, 4.69) is 44.6 Å². The topological polar surface area (TPSA) is 24.9 Å². The molecule has 1 atom stereocenters. The van der Waals surface area contributed by atoms with Crippen LogP contribution in [0.4, 0.5) is 5.69 Å². The van der Waals surface area contributed by atoms with Gasteiger partial charge in [-0.25, -0.2) is 0 Å². The van der Waals surface area contributed by atoms with Crippen LogP contribution in [0.1, 0.15) is 17.8 Å². The molecule has 0 radical (unpaired) electrons. The van der Waals surface area contributed by atoms with E-state index in [-0.39, 0.29) is 6.04 Å². The van der Waals surface area contributed by atoms with Crippen molar-refractivity contribution in [2.45, 2.75) is 13.0 Å². The number of halogens is 2. The lowest BCUT2D eigenvalue weighted by molar-refractivity contribution is 0.905. The van der Waals surface area contributed by atoms with Gasteiger partial charge in [-0.05, 0) is 58.6 Å². The lowest BCUT2D eigenvalue weighted by Crippen LogP contribution is -2.06. The highest BCUT2D eigenvalue weighted by atomic mass is 79.9. The van der Waals surface area contributed by atoms with Crippen molar-refractivity contribution in [2.24, 2.45) is 0 Å². The average Bonchev–Trinajstić information content (AvgIpc) is 2.88. The van der Waals surface area contributed by atoms with Crippen LogP contribution in [0.25, 0.3) is 10.9 Å². The van der Waals surface area contributed by atoms with Crippen molar-refractivity contribution in [1.82, 2.24) is 4.98 Å². The van der Waals surface area contributed by atoms with Gasteiger partial charge in [-0.1, -0.05) is 11.6 Å². The van der Waals surface area contributed by atoms with Crippen LogP contribution in [0, 0.1) is 0 Å². The van der Waals surface area contributed by atoms with Gasteiger partial charge in [0, 0.05) is 26.6 Å². The molecule has 0 spiro atoms. The number of benzene rings is 1. The SMILES string of the molecule is CC(Nc1ccc(Cl)c2ncccc12)c1sccc1Br. The summed E-state index contributed by atoms with van der Waals surface area (Å²) in [5.74, 6) is 0. The van der Waals surface area contributed by atoms with Gasteiger partial charge in [-0.3, -0.25) is 4.98 Å². The number of nitrogens with one attached hydrogen (secondary N) is 1. The molecule has 0 bridgehead atoms. The summed E-state index contributed by atoms with van der Waals surface area (Å²) in [4.78, 5) is 5.63. The molecule has 0 saturated heterocycles. The van der Waals surface area contributed by atoms with Crippen molar-refractivity contribution in [3.05, 3.63) is 56.3 Å². The molecule has 0 aliphatic carbocycles. The highest BCUT2D eigenvalue weighted by Crippen LogP contribution is 2.34. The van der Waals surface area contributed by atoms with Crippen molar-refractivity contribution >= 4 is 55.5 Å². The Hall–Kier alpha value is -1.10. The second-order valence-corrected chi connectivity index (χ2v) is 6.70. The number of pyridine rings is 1. The molecule has 0 amide bonds. The Labute approximate surface area is 134 Å². The first kappa shape index (κ1) is 13.9. The van der Waals surface area contributed by atoms with Crippen molar-refractivity contribution in [3.8, 4) is 0 Å². The summed E-state index contributed by atoms with van der Waals surface area (Å²) in [6.07, 6.45) is 1.76. The second kappa shape index (κ2) is 5.72. The van der Waals surface area contributed by atoms with E-state index in [0.29, 0.717) is 5.02 Å². The van der Waals surface area contributed by atoms with E-state index in [1.165, 1.54) is 4.88 Å². The fraction of sp³-hybridized carbons (Fsp3) is 0.133. The number of anilines is 1. The van der Waals surface area contributed by atoms with Gasteiger partial charge in [0.2, 0.25) is 0 Å². The number of hydrogen-bond donors (Lipinski definition) is 1. The minimum Gasteiger partial charge on any atom is -0.377 e. The summed E-state index contributed by atoms with van der Waals surface area (Å²) in [7, 11) is 0. The summed E-state index contributed by atoms with van der Waals surface area (Å²) in [6.45, 7) is 2.15.